The summed E-state index contributed by atoms with van der Waals surface area (Å²) >= 11 is 0. The molecule has 1 N–H and O–H groups in total. The molecule has 0 aromatic rings. The molecule has 0 aromatic carbocycles. The fourth-order valence-electron chi connectivity index (χ4n) is 2.94. The van der Waals surface area contributed by atoms with Crippen LogP contribution in [0.3, 0.4) is 0 Å². The van der Waals surface area contributed by atoms with Crippen molar-refractivity contribution < 1.29 is 4.58 Å². The molecule has 1 saturated carbocycles. The summed E-state index contributed by atoms with van der Waals surface area (Å²) in [5, 5.41) is 3.66. The van der Waals surface area contributed by atoms with Gasteiger partial charge < -0.3 is 0 Å². The van der Waals surface area contributed by atoms with Crippen LogP contribution in [0.2, 0.25) is 0 Å². The van der Waals surface area contributed by atoms with E-state index in [-0.39, 0.29) is 0 Å². The molecule has 0 aromatic heterocycles. The largest absolute Gasteiger partial charge is 0.299 e. The first-order chi connectivity index (χ1) is 7.85. The van der Waals surface area contributed by atoms with Crippen molar-refractivity contribution in [2.24, 2.45) is 0 Å². The van der Waals surface area contributed by atoms with E-state index in [4.69, 9.17) is 0 Å². The number of fused-ring (bicyclic) bond motifs is 1. The molecule has 0 amide bonds. The summed E-state index contributed by atoms with van der Waals surface area (Å²) < 4.78 is 2.63. The molecular formula is C13H26N3+. The van der Waals surface area contributed by atoms with Gasteiger partial charge in [0.05, 0.1) is 12.6 Å². The predicted molar refractivity (Wildman–Crippen MR) is 68.2 cm³/mol. The zero-order valence-corrected chi connectivity index (χ0v) is 10.8. The Kier molecular flexibility index (Phi) is 4.36. The second-order valence-electron chi connectivity index (χ2n) is 4.95. The Morgan fingerprint density at radius 2 is 2.12 bits per heavy atom. The van der Waals surface area contributed by atoms with Gasteiger partial charge in [-0.3, -0.25) is 5.32 Å². The zero-order chi connectivity index (χ0) is 11.4. The van der Waals surface area contributed by atoms with Crippen LogP contribution in [-0.4, -0.2) is 54.1 Å². The molecule has 1 unspecified atom stereocenters. The average Bonchev–Trinajstić information content (AvgIpc) is 2.36. The summed E-state index contributed by atoms with van der Waals surface area (Å²) in [5.74, 6) is 0. The summed E-state index contributed by atoms with van der Waals surface area (Å²) in [6.07, 6.45) is 5.46. The van der Waals surface area contributed by atoms with Crippen molar-refractivity contribution >= 4 is 5.71 Å². The SMILES string of the molecule is CCN(CC)C[N+]1=C2CCCCC2NCC1. The van der Waals surface area contributed by atoms with Crippen LogP contribution in [0.1, 0.15) is 39.5 Å². The van der Waals surface area contributed by atoms with Gasteiger partial charge in [0, 0.05) is 19.5 Å². The summed E-state index contributed by atoms with van der Waals surface area (Å²) in [5.41, 5.74) is 1.68. The van der Waals surface area contributed by atoms with Crippen LogP contribution in [0.25, 0.3) is 0 Å². The van der Waals surface area contributed by atoms with Crippen LogP contribution < -0.4 is 5.32 Å². The van der Waals surface area contributed by atoms with Crippen molar-refractivity contribution in [1.82, 2.24) is 10.2 Å². The fraction of sp³-hybridized carbons (Fsp3) is 0.923. The van der Waals surface area contributed by atoms with Crippen LogP contribution in [0.5, 0.6) is 0 Å². The highest BCUT2D eigenvalue weighted by Gasteiger charge is 2.31. The average molecular weight is 224 g/mol. The Hall–Kier alpha value is -0.410. The van der Waals surface area contributed by atoms with E-state index < -0.39 is 0 Å². The summed E-state index contributed by atoms with van der Waals surface area (Å²) in [4.78, 5) is 2.52. The minimum atomic E-state index is 0.693. The second kappa shape index (κ2) is 5.78. The standard InChI is InChI=1S/C13H26N3/c1-3-15(4-2)11-16-10-9-14-12-7-5-6-8-13(12)16/h12,14H,3-11H2,1-2H3/q+1. The topological polar surface area (TPSA) is 18.3 Å². The van der Waals surface area contributed by atoms with Crippen LogP contribution in [0.4, 0.5) is 0 Å². The molecule has 92 valence electrons. The number of nitrogens with one attached hydrogen (secondary N) is 1. The Bertz CT molecular complexity index is 256. The minimum absolute atomic E-state index is 0.693. The van der Waals surface area contributed by atoms with Gasteiger partial charge in [-0.05, 0) is 12.8 Å². The summed E-state index contributed by atoms with van der Waals surface area (Å²) in [7, 11) is 0. The van der Waals surface area contributed by atoms with E-state index in [1.165, 1.54) is 45.3 Å². The Morgan fingerprint density at radius 3 is 2.88 bits per heavy atom. The molecule has 2 rings (SSSR count). The van der Waals surface area contributed by atoms with E-state index >= 15 is 0 Å². The molecule has 2 aliphatic rings. The Labute approximate surface area is 99.5 Å². The van der Waals surface area contributed by atoms with Gasteiger partial charge >= 0.3 is 0 Å². The smallest absolute Gasteiger partial charge is 0.199 e. The molecule has 1 atom stereocenters. The number of hydrogen-bond acceptors (Lipinski definition) is 2. The van der Waals surface area contributed by atoms with Crippen molar-refractivity contribution in [3.8, 4) is 0 Å². The maximum atomic E-state index is 3.66. The van der Waals surface area contributed by atoms with Gasteiger partial charge in [-0.25, -0.2) is 9.48 Å². The first-order valence-electron chi connectivity index (χ1n) is 6.91. The van der Waals surface area contributed by atoms with Crippen LogP contribution in [-0.2, 0) is 0 Å². The second-order valence-corrected chi connectivity index (χ2v) is 4.95. The molecule has 1 aliphatic carbocycles. The van der Waals surface area contributed by atoms with Crippen molar-refractivity contribution in [3.05, 3.63) is 0 Å². The van der Waals surface area contributed by atoms with Gasteiger partial charge in [-0.15, -0.1) is 0 Å². The van der Waals surface area contributed by atoms with E-state index in [2.05, 4.69) is 28.6 Å². The normalized spacial score (nSPS) is 26.1. The third kappa shape index (κ3) is 2.64. The molecule has 0 spiro atoms. The first-order valence-corrected chi connectivity index (χ1v) is 6.91. The molecule has 1 heterocycles. The third-order valence-electron chi connectivity index (χ3n) is 4.02. The van der Waals surface area contributed by atoms with Gasteiger partial charge in [0.1, 0.15) is 0 Å². The molecular weight excluding hydrogens is 198 g/mol. The predicted octanol–water partition coefficient (Wildman–Crippen LogP) is 1.28. The highest BCUT2D eigenvalue weighted by Crippen LogP contribution is 2.17. The van der Waals surface area contributed by atoms with Crippen molar-refractivity contribution in [1.29, 1.82) is 0 Å². The van der Waals surface area contributed by atoms with Crippen LogP contribution >= 0.6 is 0 Å². The Morgan fingerprint density at radius 1 is 1.31 bits per heavy atom. The minimum Gasteiger partial charge on any atom is -0.299 e. The van der Waals surface area contributed by atoms with Crippen molar-refractivity contribution in [2.75, 3.05) is 32.8 Å². The van der Waals surface area contributed by atoms with Crippen LogP contribution in [0.15, 0.2) is 0 Å². The number of hydrogen-bond donors (Lipinski definition) is 1. The lowest BCUT2D eigenvalue weighted by Crippen LogP contribution is -2.53. The van der Waals surface area contributed by atoms with Gasteiger partial charge in [0.15, 0.2) is 18.9 Å². The number of rotatable bonds is 4. The molecule has 0 bridgehead atoms. The van der Waals surface area contributed by atoms with Crippen LogP contribution in [0, 0.1) is 0 Å². The van der Waals surface area contributed by atoms with Gasteiger partial charge in [0.25, 0.3) is 0 Å². The first kappa shape index (κ1) is 12.1. The highest BCUT2D eigenvalue weighted by molar-refractivity contribution is 5.86. The lowest BCUT2D eigenvalue weighted by Gasteiger charge is -2.29. The maximum Gasteiger partial charge on any atom is 0.199 e. The molecule has 1 aliphatic heterocycles. The van der Waals surface area contributed by atoms with E-state index in [1.807, 2.05) is 0 Å². The quantitative estimate of drug-likeness (QED) is 0.725. The monoisotopic (exact) mass is 224 g/mol. The third-order valence-corrected chi connectivity index (χ3v) is 4.02. The van der Waals surface area contributed by atoms with Gasteiger partial charge in [-0.2, -0.15) is 0 Å². The van der Waals surface area contributed by atoms with E-state index in [9.17, 15) is 0 Å². The van der Waals surface area contributed by atoms with E-state index in [0.717, 1.165) is 13.2 Å². The fourth-order valence-corrected chi connectivity index (χ4v) is 2.94. The van der Waals surface area contributed by atoms with Gasteiger partial charge in [-0.1, -0.05) is 20.3 Å². The lowest BCUT2D eigenvalue weighted by atomic mass is 9.91. The zero-order valence-electron chi connectivity index (χ0n) is 10.8. The highest BCUT2D eigenvalue weighted by atomic mass is 15.3. The maximum absolute atomic E-state index is 3.66. The van der Waals surface area contributed by atoms with E-state index in [0.29, 0.717) is 6.04 Å². The molecule has 3 nitrogen and oxygen atoms in total. The summed E-state index contributed by atoms with van der Waals surface area (Å²) in [6, 6.07) is 0.693. The van der Waals surface area contributed by atoms with E-state index in [1.54, 1.807) is 5.71 Å². The summed E-state index contributed by atoms with van der Waals surface area (Å²) in [6.45, 7) is 10.3. The lowest BCUT2D eigenvalue weighted by molar-refractivity contribution is -0.553. The molecule has 0 radical (unpaired) electrons. The molecule has 0 saturated heterocycles. The number of nitrogens with zero attached hydrogens (tertiary/aromatic N) is 2. The van der Waals surface area contributed by atoms with Crippen molar-refractivity contribution in [2.45, 2.75) is 45.6 Å². The van der Waals surface area contributed by atoms with Crippen molar-refractivity contribution in [3.63, 3.8) is 0 Å². The molecule has 1 fully saturated rings. The molecule has 16 heavy (non-hydrogen) atoms. The van der Waals surface area contributed by atoms with Gasteiger partial charge in [0.2, 0.25) is 0 Å². The molecule has 3 heteroatoms. The Balaban J connectivity index is 2.07.